The van der Waals surface area contributed by atoms with Crippen LogP contribution in [0.15, 0.2) is 59.5 Å². The summed E-state index contributed by atoms with van der Waals surface area (Å²) in [6.07, 6.45) is 1.55. The number of hydrogen-bond acceptors (Lipinski definition) is 5. The Labute approximate surface area is 149 Å². The maximum atomic E-state index is 12.3. The van der Waals surface area contributed by atoms with Gasteiger partial charge in [0.1, 0.15) is 5.01 Å². The van der Waals surface area contributed by atoms with Gasteiger partial charge in [0.25, 0.3) is 10.0 Å². The third-order valence-corrected chi connectivity index (χ3v) is 5.92. The molecule has 1 heterocycles. The summed E-state index contributed by atoms with van der Waals surface area (Å²) in [4.78, 5) is 0.132. The Balaban J connectivity index is 1.66. The number of anilines is 1. The first-order chi connectivity index (χ1) is 11.5. The molecule has 124 valence electrons. The van der Waals surface area contributed by atoms with Crippen molar-refractivity contribution in [1.29, 1.82) is 0 Å². The smallest absolute Gasteiger partial charge is 0.253 e. The van der Waals surface area contributed by atoms with E-state index >= 15 is 0 Å². The first-order valence-electron chi connectivity index (χ1n) is 7.18. The normalized spacial score (nSPS) is 11.4. The van der Waals surface area contributed by atoms with Crippen molar-refractivity contribution in [2.45, 2.75) is 17.7 Å². The van der Waals surface area contributed by atoms with Crippen molar-refractivity contribution in [1.82, 2.24) is 10.2 Å². The van der Waals surface area contributed by atoms with E-state index < -0.39 is 10.0 Å². The molecule has 0 saturated carbocycles. The minimum absolute atomic E-state index is 0.132. The molecule has 2 aromatic carbocycles. The van der Waals surface area contributed by atoms with Crippen molar-refractivity contribution in [2.24, 2.45) is 0 Å². The van der Waals surface area contributed by atoms with Crippen molar-refractivity contribution in [3.05, 3.63) is 70.2 Å². The van der Waals surface area contributed by atoms with Crippen LogP contribution < -0.4 is 4.72 Å². The van der Waals surface area contributed by atoms with E-state index in [-0.39, 0.29) is 10.0 Å². The van der Waals surface area contributed by atoms with Gasteiger partial charge in [-0.2, -0.15) is 0 Å². The van der Waals surface area contributed by atoms with Gasteiger partial charge in [0.15, 0.2) is 0 Å². The van der Waals surface area contributed by atoms with Gasteiger partial charge in [-0.3, -0.25) is 4.72 Å². The summed E-state index contributed by atoms with van der Waals surface area (Å²) in [7, 11) is -3.68. The van der Waals surface area contributed by atoms with Crippen molar-refractivity contribution in [3.63, 3.8) is 0 Å². The highest BCUT2D eigenvalue weighted by Crippen LogP contribution is 2.22. The van der Waals surface area contributed by atoms with Gasteiger partial charge < -0.3 is 0 Å². The number of aryl methyl sites for hydroxylation is 2. The SMILES string of the molecule is O=S(=O)(Nc1nnc(CCc2ccccc2)s1)c1ccc(Cl)cc1. The first kappa shape index (κ1) is 16.9. The van der Waals surface area contributed by atoms with Gasteiger partial charge in [-0.25, -0.2) is 8.42 Å². The maximum Gasteiger partial charge on any atom is 0.263 e. The van der Waals surface area contributed by atoms with Crippen LogP contribution in [-0.4, -0.2) is 18.6 Å². The van der Waals surface area contributed by atoms with Gasteiger partial charge in [-0.15, -0.1) is 10.2 Å². The van der Waals surface area contributed by atoms with E-state index in [0.717, 1.165) is 11.4 Å². The van der Waals surface area contributed by atoms with Gasteiger partial charge >= 0.3 is 0 Å². The highest BCUT2D eigenvalue weighted by Gasteiger charge is 2.16. The average Bonchev–Trinajstić information content (AvgIpc) is 3.01. The molecule has 5 nitrogen and oxygen atoms in total. The molecule has 0 bridgehead atoms. The van der Waals surface area contributed by atoms with E-state index in [1.165, 1.54) is 41.2 Å². The lowest BCUT2D eigenvalue weighted by Gasteiger charge is -2.04. The zero-order valence-corrected chi connectivity index (χ0v) is 14.9. The maximum absolute atomic E-state index is 12.3. The largest absolute Gasteiger partial charge is 0.263 e. The number of sulfonamides is 1. The molecule has 0 amide bonds. The van der Waals surface area contributed by atoms with Crippen LogP contribution in [0.1, 0.15) is 10.6 Å². The van der Waals surface area contributed by atoms with Crippen LogP contribution in [0.3, 0.4) is 0 Å². The van der Waals surface area contributed by atoms with Crippen LogP contribution >= 0.6 is 22.9 Å². The molecule has 0 aliphatic heterocycles. The predicted octanol–water partition coefficient (Wildman–Crippen LogP) is 3.78. The van der Waals surface area contributed by atoms with Crippen LogP contribution in [0.2, 0.25) is 5.02 Å². The number of halogens is 1. The molecular formula is C16H14ClN3O2S2. The zero-order valence-electron chi connectivity index (χ0n) is 12.5. The number of nitrogens with zero attached hydrogens (tertiary/aromatic N) is 2. The van der Waals surface area contributed by atoms with E-state index in [0.29, 0.717) is 11.4 Å². The molecule has 1 aromatic heterocycles. The summed E-state index contributed by atoms with van der Waals surface area (Å²) in [5.74, 6) is 0. The fourth-order valence-corrected chi connectivity index (χ4v) is 4.17. The van der Waals surface area contributed by atoms with Crippen LogP contribution in [0, 0.1) is 0 Å². The van der Waals surface area contributed by atoms with Gasteiger partial charge in [0.05, 0.1) is 4.90 Å². The molecule has 0 radical (unpaired) electrons. The van der Waals surface area contributed by atoms with Gasteiger partial charge in [0.2, 0.25) is 5.13 Å². The molecule has 0 aliphatic rings. The first-order valence-corrected chi connectivity index (χ1v) is 9.85. The van der Waals surface area contributed by atoms with E-state index in [2.05, 4.69) is 14.9 Å². The minimum atomic E-state index is -3.68. The summed E-state index contributed by atoms with van der Waals surface area (Å²) < 4.78 is 27.0. The average molecular weight is 380 g/mol. The summed E-state index contributed by atoms with van der Waals surface area (Å²) in [5.41, 5.74) is 1.20. The lowest BCUT2D eigenvalue weighted by molar-refractivity contribution is 0.601. The number of rotatable bonds is 6. The van der Waals surface area contributed by atoms with Crippen LogP contribution in [0.4, 0.5) is 5.13 Å². The lowest BCUT2D eigenvalue weighted by Crippen LogP contribution is -2.12. The molecule has 0 aliphatic carbocycles. The third-order valence-electron chi connectivity index (χ3n) is 3.28. The topological polar surface area (TPSA) is 72.0 Å². The second kappa shape index (κ2) is 7.29. The van der Waals surface area contributed by atoms with Gasteiger partial charge in [0, 0.05) is 11.4 Å². The number of aromatic nitrogens is 2. The summed E-state index contributed by atoms with van der Waals surface area (Å²) in [6.45, 7) is 0. The fourth-order valence-electron chi connectivity index (χ4n) is 2.08. The number of nitrogens with one attached hydrogen (secondary N) is 1. The van der Waals surface area contributed by atoms with Gasteiger partial charge in [-0.05, 0) is 36.2 Å². The summed E-state index contributed by atoms with van der Waals surface area (Å²) >= 11 is 7.01. The molecule has 1 N–H and O–H groups in total. The number of hydrogen-bond donors (Lipinski definition) is 1. The Morgan fingerprint density at radius 3 is 2.38 bits per heavy atom. The molecule has 24 heavy (non-hydrogen) atoms. The standard InChI is InChI=1S/C16H14ClN3O2S2/c17-13-7-9-14(10-8-13)24(21,22)20-16-19-18-15(23-16)11-6-12-4-2-1-3-5-12/h1-5,7-10H,6,11H2,(H,19,20). The Kier molecular flexibility index (Phi) is 5.13. The van der Waals surface area contributed by atoms with Crippen LogP contribution in [-0.2, 0) is 22.9 Å². The monoisotopic (exact) mass is 379 g/mol. The highest BCUT2D eigenvalue weighted by atomic mass is 35.5. The highest BCUT2D eigenvalue weighted by molar-refractivity contribution is 7.93. The molecule has 0 atom stereocenters. The molecule has 8 heteroatoms. The lowest BCUT2D eigenvalue weighted by atomic mass is 10.1. The molecular weight excluding hydrogens is 366 g/mol. The van der Waals surface area contributed by atoms with E-state index in [1.54, 1.807) is 0 Å². The molecule has 3 aromatic rings. The third kappa shape index (κ3) is 4.31. The van der Waals surface area contributed by atoms with E-state index in [9.17, 15) is 8.42 Å². The Morgan fingerprint density at radius 1 is 0.958 bits per heavy atom. The summed E-state index contributed by atoms with van der Waals surface area (Å²) in [5, 5.41) is 9.47. The Bertz CT molecular complexity index is 910. The fraction of sp³-hybridized carbons (Fsp3) is 0.125. The Hall–Kier alpha value is -1.96. The van der Waals surface area contributed by atoms with Crippen molar-refractivity contribution >= 4 is 38.1 Å². The zero-order chi connectivity index (χ0) is 17.0. The van der Waals surface area contributed by atoms with Crippen molar-refractivity contribution < 1.29 is 8.42 Å². The molecule has 0 unspecified atom stereocenters. The Morgan fingerprint density at radius 2 is 1.67 bits per heavy atom. The van der Waals surface area contributed by atoms with Gasteiger partial charge in [-0.1, -0.05) is 53.3 Å². The summed E-state index contributed by atoms with van der Waals surface area (Å²) in [6, 6.07) is 16.0. The van der Waals surface area contributed by atoms with Crippen molar-refractivity contribution in [2.75, 3.05) is 4.72 Å². The minimum Gasteiger partial charge on any atom is -0.253 e. The quantitative estimate of drug-likeness (QED) is 0.707. The molecule has 3 rings (SSSR count). The van der Waals surface area contributed by atoms with Crippen LogP contribution in [0.25, 0.3) is 0 Å². The predicted molar refractivity (Wildman–Crippen MR) is 96.0 cm³/mol. The molecule has 0 spiro atoms. The van der Waals surface area contributed by atoms with E-state index in [1.807, 2.05) is 30.3 Å². The molecule has 0 saturated heterocycles. The van der Waals surface area contributed by atoms with Crippen molar-refractivity contribution in [3.8, 4) is 0 Å². The number of benzene rings is 2. The molecule has 0 fully saturated rings. The van der Waals surface area contributed by atoms with E-state index in [4.69, 9.17) is 11.6 Å². The second-order valence-electron chi connectivity index (χ2n) is 5.05. The van der Waals surface area contributed by atoms with Crippen LogP contribution in [0.5, 0.6) is 0 Å². The second-order valence-corrected chi connectivity index (χ2v) is 8.23.